The van der Waals surface area contributed by atoms with Gasteiger partial charge in [0.05, 0.1) is 10.1 Å². The van der Waals surface area contributed by atoms with Crippen LogP contribution in [0.3, 0.4) is 0 Å². The van der Waals surface area contributed by atoms with E-state index in [1.807, 2.05) is 0 Å². The summed E-state index contributed by atoms with van der Waals surface area (Å²) in [5.41, 5.74) is -0.646. The van der Waals surface area contributed by atoms with E-state index in [4.69, 9.17) is 58.0 Å². The van der Waals surface area contributed by atoms with Crippen LogP contribution in [0, 0.1) is 5.41 Å². The number of halogens is 5. The van der Waals surface area contributed by atoms with E-state index in [1.54, 1.807) is 20.8 Å². The largest absolute Gasteiger partial charge is 0.293 e. The summed E-state index contributed by atoms with van der Waals surface area (Å²) >= 11 is 28.0. The van der Waals surface area contributed by atoms with Crippen LogP contribution in [0.2, 0.25) is 0 Å². The third kappa shape index (κ3) is 4.54. The highest BCUT2D eigenvalue weighted by Gasteiger charge is 2.27. The molecule has 0 saturated carbocycles. The van der Waals surface area contributed by atoms with E-state index in [9.17, 15) is 4.79 Å². The van der Waals surface area contributed by atoms with Crippen molar-refractivity contribution < 1.29 is 4.79 Å². The summed E-state index contributed by atoms with van der Waals surface area (Å²) in [4.78, 5) is 11.7. The van der Waals surface area contributed by atoms with Crippen molar-refractivity contribution in [3.8, 4) is 0 Å². The molecule has 0 amide bonds. The molecule has 0 aliphatic carbocycles. The van der Waals surface area contributed by atoms with Crippen molar-refractivity contribution in [2.24, 2.45) is 5.41 Å². The quantitative estimate of drug-likeness (QED) is 0.507. The second-order valence-corrected chi connectivity index (χ2v) is 5.86. The highest BCUT2D eigenvalue weighted by Crippen LogP contribution is 2.34. The molecule has 0 unspecified atom stereocenters. The first kappa shape index (κ1) is 15.6. The molecular formula is C9H9Cl5O. The molecule has 0 N–H and O–H groups in total. The predicted molar refractivity (Wildman–Crippen MR) is 67.8 cm³/mol. The van der Waals surface area contributed by atoms with Crippen molar-refractivity contribution in [1.29, 1.82) is 0 Å². The Balaban J connectivity index is 5.32. The van der Waals surface area contributed by atoms with E-state index in [-0.39, 0.29) is 25.4 Å². The highest BCUT2D eigenvalue weighted by atomic mass is 35.5. The molecule has 0 aliphatic heterocycles. The summed E-state index contributed by atoms with van der Waals surface area (Å²) in [6.45, 7) is 5.13. The molecule has 0 fully saturated rings. The molecule has 0 aliphatic rings. The summed E-state index contributed by atoms with van der Waals surface area (Å²) in [6, 6.07) is 0. The fourth-order valence-corrected chi connectivity index (χ4v) is 1.60. The SMILES string of the molecule is CC(C)(C)C(=O)/C(Cl)=C(/Cl)C(Cl)=C(Cl)Cl. The fraction of sp³-hybridized carbons (Fsp3) is 0.444. The second-order valence-electron chi connectivity index (χ2n) is 3.78. The predicted octanol–water partition coefficient (Wildman–Crippen LogP) is 5.18. The van der Waals surface area contributed by atoms with Gasteiger partial charge in [0.15, 0.2) is 5.78 Å². The minimum Gasteiger partial charge on any atom is -0.293 e. The smallest absolute Gasteiger partial charge is 0.181 e. The molecule has 15 heavy (non-hydrogen) atoms. The Hall–Kier alpha value is 0.600. The van der Waals surface area contributed by atoms with E-state index in [0.29, 0.717) is 0 Å². The summed E-state index contributed by atoms with van der Waals surface area (Å²) in [5.74, 6) is -0.332. The molecule has 0 saturated heterocycles. The Morgan fingerprint density at radius 1 is 0.800 bits per heavy atom. The van der Waals surface area contributed by atoms with Crippen LogP contribution in [0.4, 0.5) is 0 Å². The Kier molecular flexibility index (Phi) is 6.02. The number of ketones is 1. The normalized spacial score (nSPS) is 13.3. The maximum atomic E-state index is 11.7. The Morgan fingerprint density at radius 2 is 1.20 bits per heavy atom. The van der Waals surface area contributed by atoms with E-state index < -0.39 is 5.41 Å². The average Bonchev–Trinajstić information content (AvgIpc) is 2.11. The molecule has 0 bridgehead atoms. The lowest BCUT2D eigenvalue weighted by molar-refractivity contribution is -0.121. The Labute approximate surface area is 114 Å². The maximum absolute atomic E-state index is 11.7. The minimum absolute atomic E-state index is 0.136. The summed E-state index contributed by atoms with van der Waals surface area (Å²) in [5, 5.41) is -0.450. The van der Waals surface area contributed by atoms with Gasteiger partial charge in [0, 0.05) is 5.41 Å². The van der Waals surface area contributed by atoms with Gasteiger partial charge in [0.25, 0.3) is 0 Å². The molecule has 0 spiro atoms. The number of rotatable bonds is 2. The maximum Gasteiger partial charge on any atom is 0.181 e. The van der Waals surface area contributed by atoms with Crippen molar-refractivity contribution in [2.75, 3.05) is 0 Å². The van der Waals surface area contributed by atoms with Crippen LogP contribution in [-0.2, 0) is 4.79 Å². The van der Waals surface area contributed by atoms with Gasteiger partial charge in [-0.15, -0.1) is 0 Å². The van der Waals surface area contributed by atoms with E-state index in [1.165, 1.54) is 0 Å². The van der Waals surface area contributed by atoms with Crippen LogP contribution < -0.4 is 0 Å². The molecule has 0 radical (unpaired) electrons. The lowest BCUT2D eigenvalue weighted by atomic mass is 9.90. The summed E-state index contributed by atoms with van der Waals surface area (Å²) in [7, 11) is 0. The molecule has 0 rings (SSSR count). The van der Waals surface area contributed by atoms with Gasteiger partial charge < -0.3 is 0 Å². The molecule has 6 heteroatoms. The van der Waals surface area contributed by atoms with Gasteiger partial charge in [-0.1, -0.05) is 78.8 Å². The van der Waals surface area contributed by atoms with E-state index >= 15 is 0 Å². The highest BCUT2D eigenvalue weighted by molar-refractivity contribution is 6.62. The zero-order valence-electron chi connectivity index (χ0n) is 8.30. The molecule has 0 aromatic rings. The van der Waals surface area contributed by atoms with Gasteiger partial charge in [-0.2, -0.15) is 0 Å². The first-order chi connectivity index (χ1) is 6.59. The molecular weight excluding hydrogens is 301 g/mol. The topological polar surface area (TPSA) is 17.1 Å². The zero-order chi connectivity index (χ0) is 12.4. The van der Waals surface area contributed by atoms with Gasteiger partial charge in [-0.05, 0) is 0 Å². The average molecular weight is 310 g/mol. The third-order valence-corrected chi connectivity index (χ3v) is 3.31. The Bertz CT molecular complexity index is 331. The van der Waals surface area contributed by atoms with Gasteiger partial charge in [0.1, 0.15) is 9.52 Å². The van der Waals surface area contributed by atoms with Gasteiger partial charge in [-0.3, -0.25) is 4.79 Å². The number of hydrogen-bond donors (Lipinski definition) is 0. The molecule has 86 valence electrons. The van der Waals surface area contributed by atoms with Crippen LogP contribution in [0.1, 0.15) is 20.8 Å². The first-order valence-corrected chi connectivity index (χ1v) is 5.79. The second kappa shape index (κ2) is 5.79. The summed E-state index contributed by atoms with van der Waals surface area (Å²) < 4.78 is -0.235. The third-order valence-electron chi connectivity index (χ3n) is 1.43. The lowest BCUT2D eigenvalue weighted by Crippen LogP contribution is -2.20. The van der Waals surface area contributed by atoms with Crippen LogP contribution in [0.15, 0.2) is 19.6 Å². The molecule has 0 aromatic carbocycles. The molecule has 0 atom stereocenters. The number of carbonyl (C=O) groups excluding carboxylic acids is 1. The number of hydrogen-bond acceptors (Lipinski definition) is 1. The van der Waals surface area contributed by atoms with Crippen molar-refractivity contribution in [2.45, 2.75) is 20.8 Å². The number of Topliss-reactive ketones (excluding diaryl/α,β-unsaturated/α-hetero) is 1. The molecule has 0 aromatic heterocycles. The van der Waals surface area contributed by atoms with Gasteiger partial charge >= 0.3 is 0 Å². The minimum atomic E-state index is -0.646. The van der Waals surface area contributed by atoms with Crippen LogP contribution >= 0.6 is 58.0 Å². The van der Waals surface area contributed by atoms with E-state index in [2.05, 4.69) is 0 Å². The lowest BCUT2D eigenvalue weighted by Gasteiger charge is -2.16. The number of carbonyl (C=O) groups is 1. The number of allylic oxidation sites excluding steroid dienone is 3. The van der Waals surface area contributed by atoms with Crippen molar-refractivity contribution in [3.05, 3.63) is 19.6 Å². The van der Waals surface area contributed by atoms with Gasteiger partial charge in [-0.25, -0.2) is 0 Å². The monoisotopic (exact) mass is 308 g/mol. The van der Waals surface area contributed by atoms with E-state index in [0.717, 1.165) is 0 Å². The van der Waals surface area contributed by atoms with Crippen molar-refractivity contribution in [1.82, 2.24) is 0 Å². The van der Waals surface area contributed by atoms with Gasteiger partial charge in [0.2, 0.25) is 0 Å². The standard InChI is InChI=1S/C9H9Cl5O/c1-9(2,3)7(15)5(11)4(10)6(12)8(13)14/h1-3H3/b5-4-. The zero-order valence-corrected chi connectivity index (χ0v) is 12.1. The van der Waals surface area contributed by atoms with Crippen molar-refractivity contribution >= 4 is 63.8 Å². The van der Waals surface area contributed by atoms with Crippen LogP contribution in [0.25, 0.3) is 0 Å². The molecule has 0 heterocycles. The fourth-order valence-electron chi connectivity index (χ4n) is 0.608. The molecule has 1 nitrogen and oxygen atoms in total. The Morgan fingerprint density at radius 3 is 1.47 bits per heavy atom. The van der Waals surface area contributed by atoms with Crippen LogP contribution in [-0.4, -0.2) is 5.78 Å². The van der Waals surface area contributed by atoms with Crippen LogP contribution in [0.5, 0.6) is 0 Å². The van der Waals surface area contributed by atoms with Crippen molar-refractivity contribution in [3.63, 3.8) is 0 Å². The summed E-state index contributed by atoms with van der Waals surface area (Å²) in [6.07, 6.45) is 0. The first-order valence-electron chi connectivity index (χ1n) is 3.90.